The van der Waals surface area contributed by atoms with Gasteiger partial charge in [0.05, 0.1) is 9.40 Å². The molecule has 2 aromatic carbocycles. The number of nitrogens with one attached hydrogen (secondary N) is 1. The Balaban J connectivity index is 1.90. The molecule has 0 aliphatic rings. The molecule has 0 aliphatic heterocycles. The van der Waals surface area contributed by atoms with Crippen LogP contribution in [0.1, 0.15) is 0 Å². The van der Waals surface area contributed by atoms with E-state index >= 15 is 0 Å². The van der Waals surface area contributed by atoms with Crippen molar-refractivity contribution < 1.29 is 14.5 Å². The van der Waals surface area contributed by atoms with E-state index in [1.54, 1.807) is 12.1 Å². The number of ether oxygens (including phenoxy) is 1. The first-order chi connectivity index (χ1) is 10.1. The molecule has 2 aromatic rings. The Labute approximate surface area is 129 Å². The van der Waals surface area contributed by atoms with Crippen LogP contribution in [0.4, 0.5) is 11.4 Å². The van der Waals surface area contributed by atoms with Crippen LogP contribution in [-0.2, 0) is 4.79 Å². The minimum Gasteiger partial charge on any atom is -0.483 e. The number of para-hydroxylation sites is 1. The second-order valence-corrected chi connectivity index (χ2v) is 4.93. The van der Waals surface area contributed by atoms with Gasteiger partial charge in [0.15, 0.2) is 6.61 Å². The van der Waals surface area contributed by atoms with E-state index in [4.69, 9.17) is 4.74 Å². The second kappa shape index (κ2) is 6.85. The molecule has 0 radical (unpaired) electrons. The summed E-state index contributed by atoms with van der Waals surface area (Å²) in [5.74, 6) is 0.218. The van der Waals surface area contributed by atoms with Gasteiger partial charge in [0.1, 0.15) is 5.75 Å². The van der Waals surface area contributed by atoms with Crippen LogP contribution in [0.3, 0.4) is 0 Å². The first kappa shape index (κ1) is 15.0. The molecular formula is C14H11BrN2O4. The lowest BCUT2D eigenvalue weighted by Crippen LogP contribution is -2.20. The summed E-state index contributed by atoms with van der Waals surface area (Å²) in [6.07, 6.45) is 0. The summed E-state index contributed by atoms with van der Waals surface area (Å²) in [7, 11) is 0. The highest BCUT2D eigenvalue weighted by molar-refractivity contribution is 9.10. The van der Waals surface area contributed by atoms with Crippen LogP contribution in [0, 0.1) is 10.1 Å². The molecular weight excluding hydrogens is 340 g/mol. The Kier molecular flexibility index (Phi) is 4.89. The minimum atomic E-state index is -0.498. The molecule has 7 heteroatoms. The number of rotatable bonds is 5. The Hall–Kier alpha value is -2.41. The zero-order valence-corrected chi connectivity index (χ0v) is 12.4. The van der Waals surface area contributed by atoms with Crippen LogP contribution >= 0.6 is 15.9 Å². The Morgan fingerprint density at radius 3 is 2.48 bits per heavy atom. The van der Waals surface area contributed by atoms with E-state index in [9.17, 15) is 14.9 Å². The average molecular weight is 351 g/mol. The van der Waals surface area contributed by atoms with Crippen LogP contribution in [0.25, 0.3) is 0 Å². The number of nitro groups is 1. The van der Waals surface area contributed by atoms with E-state index in [0.717, 1.165) is 4.47 Å². The number of nitrogens with zero attached hydrogens (tertiary/aromatic N) is 1. The summed E-state index contributed by atoms with van der Waals surface area (Å²) in [6, 6.07) is 12.8. The van der Waals surface area contributed by atoms with Gasteiger partial charge in [-0.15, -0.1) is 0 Å². The van der Waals surface area contributed by atoms with E-state index < -0.39 is 4.92 Å². The van der Waals surface area contributed by atoms with Crippen LogP contribution in [0.2, 0.25) is 0 Å². The maximum absolute atomic E-state index is 11.7. The largest absolute Gasteiger partial charge is 0.483 e. The lowest BCUT2D eigenvalue weighted by Gasteiger charge is -2.08. The fourth-order valence-electron chi connectivity index (χ4n) is 1.57. The lowest BCUT2D eigenvalue weighted by molar-refractivity contribution is -0.384. The van der Waals surface area contributed by atoms with Gasteiger partial charge in [-0.3, -0.25) is 14.9 Å². The van der Waals surface area contributed by atoms with Gasteiger partial charge in [-0.1, -0.05) is 12.1 Å². The molecule has 0 atom stereocenters. The van der Waals surface area contributed by atoms with Crippen LogP contribution in [0.5, 0.6) is 5.75 Å². The number of carbonyl (C=O) groups excluding carboxylic acids is 1. The number of hydrogen-bond acceptors (Lipinski definition) is 4. The van der Waals surface area contributed by atoms with Crippen molar-refractivity contribution >= 4 is 33.2 Å². The van der Waals surface area contributed by atoms with Crippen LogP contribution in [0.15, 0.2) is 53.0 Å². The molecule has 21 heavy (non-hydrogen) atoms. The van der Waals surface area contributed by atoms with Gasteiger partial charge in [-0.2, -0.15) is 0 Å². The van der Waals surface area contributed by atoms with E-state index in [0.29, 0.717) is 11.4 Å². The standard InChI is InChI=1S/C14H11BrN2O4/c15-12-3-1-2-4-13(12)21-9-14(18)16-10-5-7-11(8-6-10)17(19)20/h1-8H,9H2,(H,16,18). The summed E-state index contributed by atoms with van der Waals surface area (Å²) < 4.78 is 6.12. The van der Waals surface area contributed by atoms with E-state index in [2.05, 4.69) is 21.2 Å². The average Bonchev–Trinajstić information content (AvgIpc) is 2.47. The molecule has 6 nitrogen and oxygen atoms in total. The zero-order chi connectivity index (χ0) is 15.2. The third-order valence-corrected chi connectivity index (χ3v) is 3.21. The summed E-state index contributed by atoms with van der Waals surface area (Å²) in [5.41, 5.74) is 0.443. The molecule has 2 rings (SSSR count). The van der Waals surface area contributed by atoms with Crippen molar-refractivity contribution in [3.05, 3.63) is 63.1 Å². The SMILES string of the molecule is O=C(COc1ccccc1Br)Nc1ccc([N+](=O)[O-])cc1. The molecule has 0 aromatic heterocycles. The molecule has 0 aliphatic carbocycles. The summed E-state index contributed by atoms with van der Waals surface area (Å²) in [5, 5.41) is 13.1. The van der Waals surface area contributed by atoms with Gasteiger partial charge in [-0.25, -0.2) is 0 Å². The minimum absolute atomic E-state index is 0.0301. The maximum Gasteiger partial charge on any atom is 0.269 e. The van der Waals surface area contributed by atoms with Gasteiger partial charge in [-0.05, 0) is 40.2 Å². The smallest absolute Gasteiger partial charge is 0.269 e. The summed E-state index contributed by atoms with van der Waals surface area (Å²) >= 11 is 3.31. The van der Waals surface area contributed by atoms with Crippen LogP contribution < -0.4 is 10.1 Å². The molecule has 0 fully saturated rings. The Bertz CT molecular complexity index is 658. The van der Waals surface area contributed by atoms with Crippen molar-refractivity contribution in [2.24, 2.45) is 0 Å². The monoisotopic (exact) mass is 350 g/mol. The van der Waals surface area contributed by atoms with Gasteiger partial charge in [0.2, 0.25) is 0 Å². The van der Waals surface area contributed by atoms with Crippen molar-refractivity contribution in [2.45, 2.75) is 0 Å². The highest BCUT2D eigenvalue weighted by atomic mass is 79.9. The predicted molar refractivity (Wildman–Crippen MR) is 81.4 cm³/mol. The number of halogens is 1. The molecule has 0 spiro atoms. The molecule has 0 saturated carbocycles. The normalized spacial score (nSPS) is 9.95. The highest BCUT2D eigenvalue weighted by Gasteiger charge is 2.08. The number of non-ortho nitro benzene ring substituents is 1. The fraction of sp³-hybridized carbons (Fsp3) is 0.0714. The first-order valence-electron chi connectivity index (χ1n) is 5.98. The van der Waals surface area contributed by atoms with E-state index in [-0.39, 0.29) is 18.2 Å². The maximum atomic E-state index is 11.7. The summed E-state index contributed by atoms with van der Waals surface area (Å²) in [6.45, 7) is -0.153. The predicted octanol–water partition coefficient (Wildman–Crippen LogP) is 3.37. The lowest BCUT2D eigenvalue weighted by atomic mass is 10.3. The molecule has 108 valence electrons. The van der Waals surface area contributed by atoms with Crippen LogP contribution in [-0.4, -0.2) is 17.4 Å². The van der Waals surface area contributed by atoms with E-state index in [1.165, 1.54) is 24.3 Å². The number of nitro benzene ring substituents is 1. The first-order valence-corrected chi connectivity index (χ1v) is 6.77. The fourth-order valence-corrected chi connectivity index (χ4v) is 1.97. The molecule has 1 amide bonds. The van der Waals surface area contributed by atoms with Gasteiger partial charge in [0, 0.05) is 17.8 Å². The molecule has 0 unspecified atom stereocenters. The topological polar surface area (TPSA) is 81.5 Å². The number of hydrogen-bond donors (Lipinski definition) is 1. The number of amides is 1. The molecule has 0 bridgehead atoms. The Morgan fingerprint density at radius 2 is 1.86 bits per heavy atom. The molecule has 0 saturated heterocycles. The Morgan fingerprint density at radius 1 is 1.19 bits per heavy atom. The number of carbonyl (C=O) groups is 1. The van der Waals surface area contributed by atoms with Gasteiger partial charge >= 0.3 is 0 Å². The highest BCUT2D eigenvalue weighted by Crippen LogP contribution is 2.23. The second-order valence-electron chi connectivity index (χ2n) is 4.07. The van der Waals surface area contributed by atoms with Crippen molar-refractivity contribution in [1.29, 1.82) is 0 Å². The summed E-state index contributed by atoms with van der Waals surface area (Å²) in [4.78, 5) is 21.8. The van der Waals surface area contributed by atoms with Gasteiger partial charge < -0.3 is 10.1 Å². The molecule has 0 heterocycles. The van der Waals surface area contributed by atoms with Crippen molar-refractivity contribution in [1.82, 2.24) is 0 Å². The van der Waals surface area contributed by atoms with Crippen molar-refractivity contribution in [3.8, 4) is 5.75 Å². The number of anilines is 1. The third kappa shape index (κ3) is 4.28. The van der Waals surface area contributed by atoms with E-state index in [1.807, 2.05) is 12.1 Å². The quantitative estimate of drug-likeness (QED) is 0.661. The zero-order valence-electron chi connectivity index (χ0n) is 10.8. The van der Waals surface area contributed by atoms with Crippen molar-refractivity contribution in [2.75, 3.05) is 11.9 Å². The molecule has 1 N–H and O–H groups in total. The van der Waals surface area contributed by atoms with Crippen molar-refractivity contribution in [3.63, 3.8) is 0 Å². The van der Waals surface area contributed by atoms with Gasteiger partial charge in [0.25, 0.3) is 11.6 Å². The third-order valence-electron chi connectivity index (χ3n) is 2.56. The number of benzene rings is 2.